The van der Waals surface area contributed by atoms with Crippen LogP contribution in [0.4, 0.5) is 0 Å². The molecule has 19 heavy (non-hydrogen) atoms. The van der Waals surface area contributed by atoms with Crippen LogP contribution in [0.2, 0.25) is 0 Å². The molecule has 0 saturated heterocycles. The lowest BCUT2D eigenvalue weighted by Crippen LogP contribution is -2.37. The summed E-state index contributed by atoms with van der Waals surface area (Å²) >= 11 is 1.83. The molecule has 0 aromatic rings. The molecule has 110 valence electrons. The monoisotopic (exact) mass is 285 g/mol. The number of nitrogens with two attached hydrogens (primary N) is 1. The molecule has 0 aromatic carbocycles. The van der Waals surface area contributed by atoms with Gasteiger partial charge in [-0.3, -0.25) is 4.79 Å². The van der Waals surface area contributed by atoms with Crippen LogP contribution < -0.4 is 5.73 Å². The maximum Gasteiger partial charge on any atom is 0.323 e. The van der Waals surface area contributed by atoms with Gasteiger partial charge in [0, 0.05) is 10.5 Å². The molecular formula is C15H27NO2S. The van der Waals surface area contributed by atoms with Crippen molar-refractivity contribution in [2.45, 2.75) is 64.2 Å². The fraction of sp³-hybridized carbons (Fsp3) is 0.800. The molecule has 1 atom stereocenters. The lowest BCUT2D eigenvalue weighted by Gasteiger charge is -2.35. The highest BCUT2D eigenvalue weighted by molar-refractivity contribution is 8.00. The van der Waals surface area contributed by atoms with Crippen LogP contribution >= 0.6 is 11.8 Å². The zero-order valence-corrected chi connectivity index (χ0v) is 13.4. The second kappa shape index (κ2) is 7.34. The van der Waals surface area contributed by atoms with Crippen molar-refractivity contribution in [2.24, 2.45) is 5.73 Å². The number of ether oxygens (including phenoxy) is 1. The molecule has 0 amide bonds. The molecule has 1 saturated carbocycles. The summed E-state index contributed by atoms with van der Waals surface area (Å²) < 4.78 is 5.19. The van der Waals surface area contributed by atoms with E-state index in [0.717, 1.165) is 0 Å². The van der Waals surface area contributed by atoms with Gasteiger partial charge in [0.1, 0.15) is 6.04 Å². The normalized spacial score (nSPS) is 25.0. The van der Waals surface area contributed by atoms with E-state index >= 15 is 0 Å². The number of rotatable bonds is 5. The van der Waals surface area contributed by atoms with Gasteiger partial charge in [-0.2, -0.15) is 11.8 Å². The van der Waals surface area contributed by atoms with E-state index in [0.29, 0.717) is 12.4 Å². The van der Waals surface area contributed by atoms with Crippen LogP contribution in [0.3, 0.4) is 0 Å². The van der Waals surface area contributed by atoms with Crippen molar-refractivity contribution < 1.29 is 9.53 Å². The lowest BCUT2D eigenvalue weighted by molar-refractivity contribution is -0.144. The third kappa shape index (κ3) is 5.19. The van der Waals surface area contributed by atoms with E-state index in [1.807, 2.05) is 11.8 Å². The number of esters is 1. The van der Waals surface area contributed by atoms with E-state index in [9.17, 15) is 4.79 Å². The van der Waals surface area contributed by atoms with E-state index in [2.05, 4.69) is 20.8 Å². The van der Waals surface area contributed by atoms with Gasteiger partial charge in [-0.1, -0.05) is 18.1 Å². The van der Waals surface area contributed by atoms with Crippen molar-refractivity contribution in [3.8, 4) is 0 Å². The number of thioether (sulfide) groups is 1. The first-order valence-electron chi connectivity index (χ1n) is 7.09. The van der Waals surface area contributed by atoms with Crippen molar-refractivity contribution in [2.75, 3.05) is 12.4 Å². The summed E-state index contributed by atoms with van der Waals surface area (Å²) in [7, 11) is 0. The first kappa shape index (κ1) is 16.6. The Morgan fingerprint density at radius 2 is 2.00 bits per heavy atom. The molecule has 0 aromatic heterocycles. The predicted octanol–water partition coefficient (Wildman–Crippen LogP) is 3.28. The Labute approximate surface area is 121 Å². The topological polar surface area (TPSA) is 52.3 Å². The van der Waals surface area contributed by atoms with Crippen LogP contribution in [0.5, 0.6) is 0 Å². The summed E-state index contributed by atoms with van der Waals surface area (Å²) in [6.07, 6.45) is 4.71. The summed E-state index contributed by atoms with van der Waals surface area (Å²) in [6.45, 7) is 8.89. The maximum atomic E-state index is 11.5. The average molecular weight is 285 g/mol. The van der Waals surface area contributed by atoms with Gasteiger partial charge >= 0.3 is 5.97 Å². The fourth-order valence-electron chi connectivity index (χ4n) is 2.33. The number of hydrogen-bond donors (Lipinski definition) is 1. The zero-order valence-electron chi connectivity index (χ0n) is 12.6. The van der Waals surface area contributed by atoms with Crippen molar-refractivity contribution in [3.05, 3.63) is 11.1 Å². The van der Waals surface area contributed by atoms with Gasteiger partial charge in [0.05, 0.1) is 6.61 Å². The van der Waals surface area contributed by atoms with Crippen LogP contribution in [0, 0.1) is 0 Å². The van der Waals surface area contributed by atoms with E-state index < -0.39 is 6.04 Å². The van der Waals surface area contributed by atoms with E-state index in [4.69, 9.17) is 10.5 Å². The first-order valence-corrected chi connectivity index (χ1v) is 8.08. The zero-order chi connectivity index (χ0) is 14.5. The highest BCUT2D eigenvalue weighted by Crippen LogP contribution is 2.42. The minimum atomic E-state index is -0.494. The summed E-state index contributed by atoms with van der Waals surface area (Å²) in [5.74, 6) is 0.374. The second-order valence-electron chi connectivity index (χ2n) is 5.72. The van der Waals surface area contributed by atoms with Gasteiger partial charge in [-0.05, 0) is 46.5 Å². The van der Waals surface area contributed by atoms with Gasteiger partial charge < -0.3 is 10.5 Å². The van der Waals surface area contributed by atoms with E-state index in [1.165, 1.54) is 31.3 Å². The molecule has 0 bridgehead atoms. The van der Waals surface area contributed by atoms with Crippen molar-refractivity contribution >= 4 is 17.7 Å². The van der Waals surface area contributed by atoms with Crippen LogP contribution in [-0.4, -0.2) is 29.1 Å². The fourth-order valence-corrected chi connectivity index (χ4v) is 3.54. The standard InChI is InChI=1S/C15H27NO2S/c1-5-18-14(17)13(16)10-19-15(4)8-6-12(7-9-15)11(2)3/h13H,5-10,16H2,1-4H3/t13-/m0/s1. The van der Waals surface area contributed by atoms with Crippen LogP contribution in [-0.2, 0) is 9.53 Å². The summed E-state index contributed by atoms with van der Waals surface area (Å²) in [4.78, 5) is 11.5. The Kier molecular flexibility index (Phi) is 6.40. The molecule has 2 N–H and O–H groups in total. The lowest BCUT2D eigenvalue weighted by atomic mass is 9.84. The molecule has 1 aliphatic rings. The quantitative estimate of drug-likeness (QED) is 0.622. The number of carbonyl (C=O) groups excluding carboxylic acids is 1. The maximum absolute atomic E-state index is 11.5. The Balaban J connectivity index is 2.41. The largest absolute Gasteiger partial charge is 0.465 e. The van der Waals surface area contributed by atoms with Gasteiger partial charge in [0.2, 0.25) is 0 Å². The van der Waals surface area contributed by atoms with Crippen molar-refractivity contribution in [1.82, 2.24) is 0 Å². The third-order valence-corrected chi connectivity index (χ3v) is 5.45. The molecule has 0 radical (unpaired) electrons. The molecule has 1 rings (SSSR count). The number of allylic oxidation sites excluding steroid dienone is 2. The molecule has 3 nitrogen and oxygen atoms in total. The smallest absolute Gasteiger partial charge is 0.323 e. The van der Waals surface area contributed by atoms with Crippen LogP contribution in [0.25, 0.3) is 0 Å². The Morgan fingerprint density at radius 3 is 2.47 bits per heavy atom. The highest BCUT2D eigenvalue weighted by atomic mass is 32.2. The minimum Gasteiger partial charge on any atom is -0.465 e. The molecule has 1 fully saturated rings. The summed E-state index contributed by atoms with van der Waals surface area (Å²) in [5.41, 5.74) is 8.92. The molecule has 0 spiro atoms. The predicted molar refractivity (Wildman–Crippen MR) is 82.3 cm³/mol. The van der Waals surface area contributed by atoms with Crippen LogP contribution in [0.1, 0.15) is 53.4 Å². The molecule has 1 aliphatic carbocycles. The molecule has 0 unspecified atom stereocenters. The molecule has 0 aliphatic heterocycles. The first-order chi connectivity index (χ1) is 8.88. The number of hydrogen-bond acceptors (Lipinski definition) is 4. The summed E-state index contributed by atoms with van der Waals surface area (Å²) in [5, 5.41) is 0. The third-order valence-electron chi connectivity index (χ3n) is 3.82. The molecular weight excluding hydrogens is 258 g/mol. The van der Waals surface area contributed by atoms with E-state index in [-0.39, 0.29) is 10.7 Å². The Morgan fingerprint density at radius 1 is 1.42 bits per heavy atom. The van der Waals surface area contributed by atoms with Gasteiger partial charge in [-0.15, -0.1) is 0 Å². The molecule has 0 heterocycles. The Bertz CT molecular complexity index is 338. The summed E-state index contributed by atoms with van der Waals surface area (Å²) in [6, 6.07) is -0.494. The van der Waals surface area contributed by atoms with Gasteiger partial charge in [-0.25, -0.2) is 0 Å². The van der Waals surface area contributed by atoms with Crippen LogP contribution in [0.15, 0.2) is 11.1 Å². The van der Waals surface area contributed by atoms with Crippen molar-refractivity contribution in [1.29, 1.82) is 0 Å². The SMILES string of the molecule is CCOC(=O)[C@@H](N)CSC1(C)CCC(=C(C)C)CC1. The molecule has 4 heteroatoms. The minimum absolute atomic E-state index is 0.253. The van der Waals surface area contributed by atoms with Crippen molar-refractivity contribution in [3.63, 3.8) is 0 Å². The van der Waals surface area contributed by atoms with E-state index in [1.54, 1.807) is 12.5 Å². The Hall–Kier alpha value is -0.480. The average Bonchev–Trinajstić information content (AvgIpc) is 2.37. The highest BCUT2D eigenvalue weighted by Gasteiger charge is 2.30. The van der Waals surface area contributed by atoms with Gasteiger partial charge in [0.15, 0.2) is 0 Å². The van der Waals surface area contributed by atoms with Gasteiger partial charge in [0.25, 0.3) is 0 Å². The second-order valence-corrected chi connectivity index (χ2v) is 7.33. The number of carbonyl (C=O) groups is 1.